The molecule has 0 aliphatic heterocycles. The minimum atomic E-state index is 0.371. The Kier molecular flexibility index (Phi) is 2.02. The highest BCUT2D eigenvalue weighted by atomic mass is 16.3. The van der Waals surface area contributed by atoms with Gasteiger partial charge in [-0.2, -0.15) is 0 Å². The van der Waals surface area contributed by atoms with Gasteiger partial charge in [0.1, 0.15) is 0 Å². The number of aliphatic hydroxyl groups excluding tert-OH is 1. The van der Waals surface area contributed by atoms with Gasteiger partial charge in [-0.05, 0) is 24.3 Å². The molecule has 0 spiro atoms. The van der Waals surface area contributed by atoms with E-state index < -0.39 is 0 Å². The topological polar surface area (TPSA) is 20.2 Å². The normalized spacial score (nSPS) is 41.1. The number of allylic oxidation sites excluding steroid dienone is 2. The van der Waals surface area contributed by atoms with Crippen LogP contribution in [0.1, 0.15) is 27.2 Å². The molecule has 0 heterocycles. The molecule has 0 aromatic carbocycles. The first-order valence-corrected chi connectivity index (χ1v) is 4.02. The molecule has 0 aromatic heterocycles. The summed E-state index contributed by atoms with van der Waals surface area (Å²) in [5.74, 6) is 2.16. The zero-order chi connectivity index (χ0) is 7.72. The lowest BCUT2D eigenvalue weighted by molar-refractivity contribution is 0.238. The predicted molar refractivity (Wildman–Crippen MR) is 42.8 cm³/mol. The Hall–Kier alpha value is -0.460. The molecule has 0 fully saturated rings. The van der Waals surface area contributed by atoms with E-state index in [4.69, 9.17) is 0 Å². The smallest absolute Gasteiger partial charge is 0.0916 e. The van der Waals surface area contributed by atoms with E-state index in [1.165, 1.54) is 6.42 Å². The van der Waals surface area contributed by atoms with Gasteiger partial charge in [0, 0.05) is 5.92 Å². The van der Waals surface area contributed by atoms with Crippen LogP contribution in [-0.4, -0.2) is 5.11 Å². The Morgan fingerprint density at radius 3 is 2.50 bits per heavy atom. The van der Waals surface area contributed by atoms with E-state index >= 15 is 0 Å². The first-order chi connectivity index (χ1) is 4.61. The highest BCUT2D eigenvalue weighted by Gasteiger charge is 2.22. The van der Waals surface area contributed by atoms with Crippen LogP contribution < -0.4 is 0 Å². The summed E-state index contributed by atoms with van der Waals surface area (Å²) in [4.78, 5) is 0. The van der Waals surface area contributed by atoms with Crippen LogP contribution in [-0.2, 0) is 0 Å². The molecule has 10 heavy (non-hydrogen) atoms. The molecule has 0 radical (unpaired) electrons. The maximum atomic E-state index is 9.38. The van der Waals surface area contributed by atoms with E-state index in [1.54, 1.807) is 0 Å². The second kappa shape index (κ2) is 2.65. The standard InChI is InChI=1S/C9H16O/c1-6-4-7(2)8(3)9(10)5-6/h5-8,10H,4H2,1-3H3. The maximum absolute atomic E-state index is 9.38. The van der Waals surface area contributed by atoms with Crippen LogP contribution in [0, 0.1) is 17.8 Å². The third kappa shape index (κ3) is 1.34. The molecule has 1 N–H and O–H groups in total. The molecule has 3 atom stereocenters. The van der Waals surface area contributed by atoms with Gasteiger partial charge in [-0.15, -0.1) is 0 Å². The summed E-state index contributed by atoms with van der Waals surface area (Å²) in [6, 6.07) is 0. The molecule has 3 unspecified atom stereocenters. The summed E-state index contributed by atoms with van der Waals surface area (Å²) >= 11 is 0. The van der Waals surface area contributed by atoms with Crippen LogP contribution >= 0.6 is 0 Å². The van der Waals surface area contributed by atoms with E-state index in [0.29, 0.717) is 23.5 Å². The van der Waals surface area contributed by atoms with Crippen molar-refractivity contribution in [3.05, 3.63) is 11.8 Å². The second-order valence-electron chi connectivity index (χ2n) is 3.57. The van der Waals surface area contributed by atoms with Crippen LogP contribution in [0.25, 0.3) is 0 Å². The van der Waals surface area contributed by atoms with Crippen molar-refractivity contribution in [3.8, 4) is 0 Å². The quantitative estimate of drug-likeness (QED) is 0.548. The molecule has 0 aromatic rings. The molecular weight excluding hydrogens is 124 g/mol. The van der Waals surface area contributed by atoms with Gasteiger partial charge in [0.05, 0.1) is 5.76 Å². The Morgan fingerprint density at radius 1 is 1.40 bits per heavy atom. The van der Waals surface area contributed by atoms with Crippen molar-refractivity contribution in [3.63, 3.8) is 0 Å². The molecule has 0 saturated heterocycles. The van der Waals surface area contributed by atoms with E-state index in [9.17, 15) is 5.11 Å². The fraction of sp³-hybridized carbons (Fsp3) is 0.778. The van der Waals surface area contributed by atoms with Crippen LogP contribution in [0.2, 0.25) is 0 Å². The van der Waals surface area contributed by atoms with E-state index in [1.807, 2.05) is 6.08 Å². The largest absolute Gasteiger partial charge is 0.512 e. The Morgan fingerprint density at radius 2 is 2.00 bits per heavy atom. The molecule has 1 aliphatic rings. The van der Waals surface area contributed by atoms with Crippen molar-refractivity contribution in [1.29, 1.82) is 0 Å². The predicted octanol–water partition coefficient (Wildman–Crippen LogP) is 2.74. The van der Waals surface area contributed by atoms with Crippen molar-refractivity contribution >= 4 is 0 Å². The number of hydrogen-bond acceptors (Lipinski definition) is 1. The molecule has 1 rings (SSSR count). The van der Waals surface area contributed by atoms with Crippen molar-refractivity contribution in [2.24, 2.45) is 17.8 Å². The summed E-state index contributed by atoms with van der Waals surface area (Å²) in [6.45, 7) is 6.44. The summed E-state index contributed by atoms with van der Waals surface area (Å²) in [6.07, 6.45) is 3.19. The molecule has 0 amide bonds. The van der Waals surface area contributed by atoms with Crippen LogP contribution in [0.15, 0.2) is 11.8 Å². The van der Waals surface area contributed by atoms with Crippen LogP contribution in [0.3, 0.4) is 0 Å². The van der Waals surface area contributed by atoms with Gasteiger partial charge in [-0.1, -0.05) is 20.8 Å². The van der Waals surface area contributed by atoms with E-state index in [-0.39, 0.29) is 0 Å². The Labute approximate surface area is 62.8 Å². The van der Waals surface area contributed by atoms with Gasteiger partial charge in [-0.25, -0.2) is 0 Å². The van der Waals surface area contributed by atoms with Gasteiger partial charge >= 0.3 is 0 Å². The summed E-state index contributed by atoms with van der Waals surface area (Å²) < 4.78 is 0. The minimum absolute atomic E-state index is 0.371. The summed E-state index contributed by atoms with van der Waals surface area (Å²) in [7, 11) is 0. The maximum Gasteiger partial charge on any atom is 0.0916 e. The molecule has 0 saturated carbocycles. The number of aliphatic hydroxyl groups is 1. The lowest BCUT2D eigenvalue weighted by Gasteiger charge is -2.26. The fourth-order valence-corrected chi connectivity index (χ4v) is 1.59. The highest BCUT2D eigenvalue weighted by Crippen LogP contribution is 2.31. The van der Waals surface area contributed by atoms with E-state index in [0.717, 1.165) is 0 Å². The molecular formula is C9H16O. The highest BCUT2D eigenvalue weighted by molar-refractivity contribution is 5.04. The lowest BCUT2D eigenvalue weighted by atomic mass is 9.81. The molecule has 1 nitrogen and oxygen atoms in total. The van der Waals surface area contributed by atoms with Gasteiger partial charge in [0.15, 0.2) is 0 Å². The third-order valence-corrected chi connectivity index (χ3v) is 2.52. The number of rotatable bonds is 0. The van der Waals surface area contributed by atoms with Crippen molar-refractivity contribution < 1.29 is 5.11 Å². The average Bonchev–Trinajstić information content (AvgIpc) is 1.82. The second-order valence-corrected chi connectivity index (χ2v) is 3.57. The van der Waals surface area contributed by atoms with Gasteiger partial charge in [0.2, 0.25) is 0 Å². The SMILES string of the molecule is CC1C=C(O)C(C)C(C)C1. The van der Waals surface area contributed by atoms with E-state index in [2.05, 4.69) is 20.8 Å². The zero-order valence-corrected chi connectivity index (χ0v) is 6.96. The Bertz CT molecular complexity index is 149. The number of hydrogen-bond donors (Lipinski definition) is 1. The van der Waals surface area contributed by atoms with Gasteiger partial charge < -0.3 is 5.11 Å². The average molecular weight is 140 g/mol. The Balaban J connectivity index is 2.71. The van der Waals surface area contributed by atoms with Crippen molar-refractivity contribution in [1.82, 2.24) is 0 Å². The summed E-state index contributed by atoms with van der Waals surface area (Å²) in [5, 5.41) is 9.38. The molecule has 1 aliphatic carbocycles. The third-order valence-electron chi connectivity index (χ3n) is 2.52. The fourth-order valence-electron chi connectivity index (χ4n) is 1.59. The molecule has 0 bridgehead atoms. The lowest BCUT2D eigenvalue weighted by Crippen LogP contribution is -2.18. The van der Waals surface area contributed by atoms with Crippen molar-refractivity contribution in [2.75, 3.05) is 0 Å². The molecule has 58 valence electrons. The zero-order valence-electron chi connectivity index (χ0n) is 6.96. The van der Waals surface area contributed by atoms with Gasteiger partial charge in [-0.3, -0.25) is 0 Å². The summed E-state index contributed by atoms with van der Waals surface area (Å²) in [5.41, 5.74) is 0. The molecule has 1 heteroatoms. The van der Waals surface area contributed by atoms with Crippen molar-refractivity contribution in [2.45, 2.75) is 27.2 Å². The monoisotopic (exact) mass is 140 g/mol. The van der Waals surface area contributed by atoms with Crippen LogP contribution in [0.5, 0.6) is 0 Å². The minimum Gasteiger partial charge on any atom is -0.512 e. The first-order valence-electron chi connectivity index (χ1n) is 4.02. The van der Waals surface area contributed by atoms with Gasteiger partial charge in [0.25, 0.3) is 0 Å². The first kappa shape index (κ1) is 7.64. The van der Waals surface area contributed by atoms with Crippen LogP contribution in [0.4, 0.5) is 0 Å².